The molecule has 1 rings (SSSR count). The molecule has 0 radical (unpaired) electrons. The summed E-state index contributed by atoms with van der Waals surface area (Å²) in [7, 11) is 1.49. The molecule has 13 heavy (non-hydrogen) atoms. The molecular formula is C7H9ClN2O3. The third-order valence-electron chi connectivity index (χ3n) is 1.40. The number of halogens is 1. The summed E-state index contributed by atoms with van der Waals surface area (Å²) < 4.78 is 6.07. The Morgan fingerprint density at radius 1 is 1.77 bits per heavy atom. The van der Waals surface area contributed by atoms with Gasteiger partial charge in [-0.2, -0.15) is 5.10 Å². The number of ether oxygens (including phenoxy) is 1. The van der Waals surface area contributed by atoms with Crippen LogP contribution >= 0.6 is 11.6 Å². The van der Waals surface area contributed by atoms with Crippen LogP contribution in [0.15, 0.2) is 11.0 Å². The summed E-state index contributed by atoms with van der Waals surface area (Å²) >= 11 is 5.65. The molecule has 0 amide bonds. The predicted octanol–water partition coefficient (Wildman–Crippen LogP) is -0.195. The molecule has 6 heteroatoms. The average Bonchev–Trinajstić information content (AvgIpc) is 2.13. The fourth-order valence-electron chi connectivity index (χ4n) is 0.752. The minimum Gasteiger partial charge on any atom is -0.488 e. The largest absolute Gasteiger partial charge is 0.488 e. The molecule has 72 valence electrons. The summed E-state index contributed by atoms with van der Waals surface area (Å²) in [5, 5.41) is 12.2. The standard InChI is InChI=1S/C7H9ClN2O3/c1-10-7(12)6(8)5(4-9-10)13-3-2-11/h4,11H,2-3H2,1H3. The number of nitrogens with zero attached hydrogens (tertiary/aromatic N) is 2. The Bertz CT molecular complexity index is 350. The molecular weight excluding hydrogens is 196 g/mol. The molecule has 0 aliphatic heterocycles. The van der Waals surface area contributed by atoms with Crippen molar-refractivity contribution in [3.05, 3.63) is 21.6 Å². The Hall–Kier alpha value is -1.07. The van der Waals surface area contributed by atoms with E-state index in [-0.39, 0.29) is 24.0 Å². The highest BCUT2D eigenvalue weighted by atomic mass is 35.5. The minimum absolute atomic E-state index is 0.0223. The van der Waals surface area contributed by atoms with Crippen LogP contribution < -0.4 is 10.3 Å². The maximum atomic E-state index is 11.2. The van der Waals surface area contributed by atoms with Crippen LogP contribution in [0.3, 0.4) is 0 Å². The van der Waals surface area contributed by atoms with Crippen LogP contribution in [-0.2, 0) is 7.05 Å². The molecule has 0 atom stereocenters. The van der Waals surface area contributed by atoms with Crippen LogP contribution in [0.25, 0.3) is 0 Å². The second kappa shape index (κ2) is 4.25. The lowest BCUT2D eigenvalue weighted by Crippen LogP contribution is -2.20. The summed E-state index contributed by atoms with van der Waals surface area (Å²) in [6, 6.07) is 0. The highest BCUT2D eigenvalue weighted by Gasteiger charge is 2.07. The van der Waals surface area contributed by atoms with Gasteiger partial charge in [0.1, 0.15) is 6.61 Å². The molecule has 1 N–H and O–H groups in total. The van der Waals surface area contributed by atoms with Crippen molar-refractivity contribution >= 4 is 11.6 Å². The molecule has 0 unspecified atom stereocenters. The lowest BCUT2D eigenvalue weighted by atomic mass is 10.5. The van der Waals surface area contributed by atoms with Gasteiger partial charge in [0.15, 0.2) is 10.8 Å². The van der Waals surface area contributed by atoms with Gasteiger partial charge < -0.3 is 9.84 Å². The molecule has 0 bridgehead atoms. The van der Waals surface area contributed by atoms with E-state index >= 15 is 0 Å². The highest BCUT2D eigenvalue weighted by Crippen LogP contribution is 2.17. The van der Waals surface area contributed by atoms with Crippen LogP contribution in [0.4, 0.5) is 0 Å². The second-order valence-electron chi connectivity index (χ2n) is 2.32. The minimum atomic E-state index is -0.419. The van der Waals surface area contributed by atoms with Crippen molar-refractivity contribution in [2.45, 2.75) is 0 Å². The van der Waals surface area contributed by atoms with E-state index in [0.717, 1.165) is 4.68 Å². The van der Waals surface area contributed by atoms with E-state index < -0.39 is 5.56 Å². The quantitative estimate of drug-likeness (QED) is 0.741. The summed E-state index contributed by atoms with van der Waals surface area (Å²) in [5.41, 5.74) is -0.419. The number of hydrogen-bond acceptors (Lipinski definition) is 4. The first-order chi connectivity index (χ1) is 6.16. The number of aromatic nitrogens is 2. The molecule has 1 heterocycles. The van der Waals surface area contributed by atoms with E-state index in [1.165, 1.54) is 13.2 Å². The average molecular weight is 205 g/mol. The van der Waals surface area contributed by atoms with Crippen molar-refractivity contribution < 1.29 is 9.84 Å². The zero-order valence-electron chi connectivity index (χ0n) is 7.03. The molecule has 1 aromatic heterocycles. The van der Waals surface area contributed by atoms with Gasteiger partial charge in [0, 0.05) is 7.05 Å². The molecule has 1 aromatic rings. The van der Waals surface area contributed by atoms with Crippen molar-refractivity contribution in [2.75, 3.05) is 13.2 Å². The van der Waals surface area contributed by atoms with Crippen LogP contribution in [0.5, 0.6) is 5.75 Å². The first kappa shape index (κ1) is 10.0. The molecule has 5 nitrogen and oxygen atoms in total. The maximum absolute atomic E-state index is 11.2. The summed E-state index contributed by atoms with van der Waals surface area (Å²) in [4.78, 5) is 11.2. The monoisotopic (exact) mass is 204 g/mol. The van der Waals surface area contributed by atoms with E-state index in [4.69, 9.17) is 21.4 Å². The zero-order valence-corrected chi connectivity index (χ0v) is 7.78. The van der Waals surface area contributed by atoms with Crippen LogP contribution in [-0.4, -0.2) is 28.1 Å². The summed E-state index contributed by atoms with van der Waals surface area (Å²) in [5.74, 6) is 0.193. The Kier molecular flexibility index (Phi) is 3.27. The molecule has 0 aromatic carbocycles. The number of aryl methyl sites for hydroxylation is 1. The van der Waals surface area contributed by atoms with Gasteiger partial charge >= 0.3 is 0 Å². The SMILES string of the molecule is Cn1ncc(OCCO)c(Cl)c1=O. The lowest BCUT2D eigenvalue weighted by molar-refractivity contribution is 0.200. The maximum Gasteiger partial charge on any atom is 0.289 e. The van der Waals surface area contributed by atoms with Crippen molar-refractivity contribution in [3.63, 3.8) is 0 Å². The van der Waals surface area contributed by atoms with Crippen molar-refractivity contribution in [1.29, 1.82) is 0 Å². The fourth-order valence-corrected chi connectivity index (χ4v) is 0.977. The highest BCUT2D eigenvalue weighted by molar-refractivity contribution is 6.31. The molecule has 0 saturated carbocycles. The van der Waals surface area contributed by atoms with E-state index in [2.05, 4.69) is 5.10 Å². The van der Waals surface area contributed by atoms with Gasteiger partial charge in [-0.15, -0.1) is 0 Å². The molecule has 0 spiro atoms. The molecule has 0 aliphatic carbocycles. The van der Waals surface area contributed by atoms with Crippen molar-refractivity contribution in [1.82, 2.24) is 9.78 Å². The molecule has 0 saturated heterocycles. The summed E-state index contributed by atoms with van der Waals surface area (Å²) in [6.07, 6.45) is 1.33. The van der Waals surface area contributed by atoms with E-state index in [1.54, 1.807) is 0 Å². The second-order valence-corrected chi connectivity index (χ2v) is 2.70. The van der Waals surface area contributed by atoms with Gasteiger partial charge in [-0.25, -0.2) is 4.68 Å². The Balaban J connectivity index is 2.97. The van der Waals surface area contributed by atoms with E-state index in [0.29, 0.717) is 0 Å². The Morgan fingerprint density at radius 2 is 2.46 bits per heavy atom. The third-order valence-corrected chi connectivity index (χ3v) is 1.74. The number of aliphatic hydroxyl groups is 1. The topological polar surface area (TPSA) is 64.3 Å². The van der Waals surface area contributed by atoms with Gasteiger partial charge in [-0.3, -0.25) is 4.79 Å². The molecule has 0 aliphatic rings. The Labute approximate surface area is 79.5 Å². The predicted molar refractivity (Wildman–Crippen MR) is 47.1 cm³/mol. The van der Waals surface area contributed by atoms with Gasteiger partial charge in [-0.05, 0) is 0 Å². The number of hydrogen-bond donors (Lipinski definition) is 1. The Morgan fingerprint density at radius 3 is 3.08 bits per heavy atom. The van der Waals surface area contributed by atoms with E-state index in [1.807, 2.05) is 0 Å². The lowest BCUT2D eigenvalue weighted by Gasteiger charge is -2.05. The van der Waals surface area contributed by atoms with Gasteiger partial charge in [0.25, 0.3) is 5.56 Å². The van der Waals surface area contributed by atoms with Gasteiger partial charge in [0.2, 0.25) is 0 Å². The first-order valence-corrected chi connectivity index (χ1v) is 4.00. The molecule has 0 fully saturated rings. The first-order valence-electron chi connectivity index (χ1n) is 3.62. The van der Waals surface area contributed by atoms with Crippen LogP contribution in [0, 0.1) is 0 Å². The van der Waals surface area contributed by atoms with Crippen LogP contribution in [0.1, 0.15) is 0 Å². The van der Waals surface area contributed by atoms with Crippen LogP contribution in [0.2, 0.25) is 5.02 Å². The fraction of sp³-hybridized carbons (Fsp3) is 0.429. The number of rotatable bonds is 3. The van der Waals surface area contributed by atoms with Gasteiger partial charge in [-0.1, -0.05) is 11.6 Å². The van der Waals surface area contributed by atoms with Crippen molar-refractivity contribution in [3.8, 4) is 5.75 Å². The van der Waals surface area contributed by atoms with E-state index in [9.17, 15) is 4.79 Å². The zero-order chi connectivity index (χ0) is 9.84. The smallest absolute Gasteiger partial charge is 0.289 e. The van der Waals surface area contributed by atoms with Gasteiger partial charge in [0.05, 0.1) is 12.8 Å². The summed E-state index contributed by atoms with van der Waals surface area (Å²) in [6.45, 7) is -0.0416. The normalized spacial score (nSPS) is 10.1. The van der Waals surface area contributed by atoms with Crippen molar-refractivity contribution in [2.24, 2.45) is 7.05 Å². The number of aliphatic hydroxyl groups excluding tert-OH is 1. The third kappa shape index (κ3) is 2.19.